The quantitative estimate of drug-likeness (QED) is 0.644. The zero-order valence-electron chi connectivity index (χ0n) is 13.8. The molecule has 7 heteroatoms. The Hall–Kier alpha value is -1.89. The van der Waals surface area contributed by atoms with Crippen LogP contribution in [0.15, 0.2) is 28.7 Å². The lowest BCUT2D eigenvalue weighted by atomic mass is 10.0. The number of hydrogen-bond acceptors (Lipinski definition) is 5. The molecule has 0 unspecified atom stereocenters. The number of hydrogen-bond donors (Lipinski definition) is 1. The van der Waals surface area contributed by atoms with Crippen molar-refractivity contribution in [1.29, 1.82) is 0 Å². The van der Waals surface area contributed by atoms with Gasteiger partial charge in [-0.1, -0.05) is 28.1 Å². The van der Waals surface area contributed by atoms with Crippen molar-refractivity contribution in [3.8, 4) is 0 Å². The summed E-state index contributed by atoms with van der Waals surface area (Å²) in [7, 11) is 1.28. The molecule has 1 aromatic rings. The molecule has 1 rings (SSSR count). The number of amides is 1. The van der Waals surface area contributed by atoms with Gasteiger partial charge < -0.3 is 14.8 Å². The van der Waals surface area contributed by atoms with Gasteiger partial charge in [0.15, 0.2) is 0 Å². The number of nitrogens with one attached hydrogen (secondary N) is 1. The summed E-state index contributed by atoms with van der Waals surface area (Å²) >= 11 is 3.37. The Morgan fingerprint density at radius 3 is 2.38 bits per heavy atom. The second-order valence-electron chi connectivity index (χ2n) is 5.18. The van der Waals surface area contributed by atoms with Crippen molar-refractivity contribution < 1.29 is 23.9 Å². The zero-order chi connectivity index (χ0) is 17.9. The number of halogens is 1. The molecule has 0 saturated heterocycles. The zero-order valence-corrected chi connectivity index (χ0v) is 15.4. The van der Waals surface area contributed by atoms with Crippen LogP contribution in [-0.4, -0.2) is 37.6 Å². The summed E-state index contributed by atoms with van der Waals surface area (Å²) in [4.78, 5) is 34.8. The molecule has 0 bridgehead atoms. The first-order chi connectivity index (χ1) is 11.4. The van der Waals surface area contributed by atoms with E-state index in [0.29, 0.717) is 13.0 Å². The number of carbonyl (C=O) groups is 3. The summed E-state index contributed by atoms with van der Waals surface area (Å²) < 4.78 is 10.4. The maximum absolute atomic E-state index is 12.0. The summed E-state index contributed by atoms with van der Waals surface area (Å²) in [5.74, 6) is -1.11. The second-order valence-corrected chi connectivity index (χ2v) is 6.10. The molecule has 0 saturated carbocycles. The van der Waals surface area contributed by atoms with Gasteiger partial charge in [0.05, 0.1) is 26.6 Å². The fraction of sp³-hybridized carbons (Fsp3) is 0.471. The molecular formula is C17H22BrNO5. The van der Waals surface area contributed by atoms with Crippen LogP contribution in [0.5, 0.6) is 0 Å². The Kier molecular flexibility index (Phi) is 9.07. The minimum atomic E-state index is -0.444. The Labute approximate surface area is 150 Å². The second kappa shape index (κ2) is 10.8. The van der Waals surface area contributed by atoms with Gasteiger partial charge in [-0.15, -0.1) is 0 Å². The third kappa shape index (κ3) is 8.10. The largest absolute Gasteiger partial charge is 0.469 e. The molecule has 1 amide bonds. The number of rotatable bonds is 9. The molecule has 0 heterocycles. The standard InChI is InChI=1S/C17H22BrNO5/c1-3-24-17(22)11-14(10-12-4-6-13(18)7-5-12)19-15(20)8-9-16(21)23-2/h4-7,14H,3,8-11H2,1-2H3,(H,19,20)/t14-/m1/s1. The van der Waals surface area contributed by atoms with Gasteiger partial charge >= 0.3 is 11.9 Å². The average molecular weight is 400 g/mol. The maximum Gasteiger partial charge on any atom is 0.307 e. The summed E-state index contributed by atoms with van der Waals surface area (Å²) in [6.07, 6.45) is 0.600. The highest BCUT2D eigenvalue weighted by molar-refractivity contribution is 9.10. The topological polar surface area (TPSA) is 81.7 Å². The molecule has 1 atom stereocenters. The van der Waals surface area contributed by atoms with Crippen LogP contribution >= 0.6 is 15.9 Å². The maximum atomic E-state index is 12.0. The highest BCUT2D eigenvalue weighted by atomic mass is 79.9. The van der Waals surface area contributed by atoms with Crippen LogP contribution in [0.3, 0.4) is 0 Å². The van der Waals surface area contributed by atoms with E-state index in [1.54, 1.807) is 6.92 Å². The van der Waals surface area contributed by atoms with Gasteiger partial charge in [-0.25, -0.2) is 0 Å². The van der Waals surface area contributed by atoms with E-state index in [4.69, 9.17) is 4.74 Å². The average Bonchev–Trinajstić information content (AvgIpc) is 2.54. The molecular weight excluding hydrogens is 378 g/mol. The number of methoxy groups -OCH3 is 1. The Balaban J connectivity index is 2.66. The first kappa shape index (κ1) is 20.2. The summed E-state index contributed by atoms with van der Waals surface area (Å²) in [6, 6.07) is 7.24. The number of ether oxygens (including phenoxy) is 2. The molecule has 0 aliphatic heterocycles. The minimum Gasteiger partial charge on any atom is -0.469 e. The minimum absolute atomic E-state index is 0.00669. The molecule has 0 spiro atoms. The lowest BCUT2D eigenvalue weighted by Crippen LogP contribution is -2.38. The van der Waals surface area contributed by atoms with Crippen molar-refractivity contribution in [3.05, 3.63) is 34.3 Å². The van der Waals surface area contributed by atoms with Crippen LogP contribution in [0.2, 0.25) is 0 Å². The van der Waals surface area contributed by atoms with E-state index in [9.17, 15) is 14.4 Å². The normalized spacial score (nSPS) is 11.5. The lowest BCUT2D eigenvalue weighted by molar-refractivity contribution is -0.144. The van der Waals surface area contributed by atoms with Crippen LogP contribution in [-0.2, 0) is 30.3 Å². The Bertz CT molecular complexity index is 559. The summed E-state index contributed by atoms with van der Waals surface area (Å²) in [5, 5.41) is 2.79. The molecule has 0 aliphatic carbocycles. The van der Waals surface area contributed by atoms with E-state index in [0.717, 1.165) is 10.0 Å². The molecule has 132 valence electrons. The predicted octanol–water partition coefficient (Wildman–Crippen LogP) is 2.38. The van der Waals surface area contributed by atoms with Gasteiger partial charge in [0.25, 0.3) is 0 Å². The van der Waals surface area contributed by atoms with Crippen molar-refractivity contribution in [2.75, 3.05) is 13.7 Å². The molecule has 1 aromatic carbocycles. The number of esters is 2. The van der Waals surface area contributed by atoms with Crippen LogP contribution in [0.25, 0.3) is 0 Å². The fourth-order valence-electron chi connectivity index (χ4n) is 2.12. The summed E-state index contributed by atoms with van der Waals surface area (Å²) in [6.45, 7) is 2.02. The summed E-state index contributed by atoms with van der Waals surface area (Å²) in [5.41, 5.74) is 0.987. The van der Waals surface area contributed by atoms with Crippen LogP contribution in [0.1, 0.15) is 31.7 Å². The first-order valence-electron chi connectivity index (χ1n) is 7.70. The molecule has 0 radical (unpaired) electrons. The molecule has 0 aliphatic rings. The highest BCUT2D eigenvalue weighted by Gasteiger charge is 2.18. The molecule has 6 nitrogen and oxygen atoms in total. The molecule has 0 aromatic heterocycles. The number of benzene rings is 1. The van der Waals surface area contributed by atoms with Crippen LogP contribution in [0.4, 0.5) is 0 Å². The van der Waals surface area contributed by atoms with Crippen molar-refractivity contribution in [3.63, 3.8) is 0 Å². The SMILES string of the molecule is CCOC(=O)C[C@@H](Cc1ccc(Br)cc1)NC(=O)CCC(=O)OC. The van der Waals surface area contributed by atoms with Gasteiger partial charge in [0.2, 0.25) is 5.91 Å². The van der Waals surface area contributed by atoms with Gasteiger partial charge in [-0.2, -0.15) is 0 Å². The lowest BCUT2D eigenvalue weighted by Gasteiger charge is -2.18. The van der Waals surface area contributed by atoms with E-state index < -0.39 is 12.0 Å². The van der Waals surface area contributed by atoms with Crippen molar-refractivity contribution in [2.45, 2.75) is 38.6 Å². The van der Waals surface area contributed by atoms with E-state index in [2.05, 4.69) is 26.0 Å². The first-order valence-corrected chi connectivity index (χ1v) is 8.50. The van der Waals surface area contributed by atoms with Gasteiger partial charge in [-0.05, 0) is 31.0 Å². The van der Waals surface area contributed by atoms with E-state index in [-0.39, 0.29) is 31.1 Å². The van der Waals surface area contributed by atoms with Crippen molar-refractivity contribution in [1.82, 2.24) is 5.32 Å². The molecule has 1 N–H and O–H groups in total. The van der Waals surface area contributed by atoms with E-state index in [1.165, 1.54) is 7.11 Å². The smallest absolute Gasteiger partial charge is 0.307 e. The molecule has 0 fully saturated rings. The van der Waals surface area contributed by atoms with E-state index >= 15 is 0 Å². The van der Waals surface area contributed by atoms with Gasteiger partial charge in [0, 0.05) is 16.9 Å². The Morgan fingerprint density at radius 1 is 1.12 bits per heavy atom. The number of carbonyl (C=O) groups excluding carboxylic acids is 3. The van der Waals surface area contributed by atoms with E-state index in [1.807, 2.05) is 24.3 Å². The third-order valence-electron chi connectivity index (χ3n) is 3.26. The highest BCUT2D eigenvalue weighted by Crippen LogP contribution is 2.13. The fourth-order valence-corrected chi connectivity index (χ4v) is 2.38. The van der Waals surface area contributed by atoms with Gasteiger partial charge in [-0.3, -0.25) is 14.4 Å². The van der Waals surface area contributed by atoms with Gasteiger partial charge in [0.1, 0.15) is 0 Å². The Morgan fingerprint density at radius 2 is 1.79 bits per heavy atom. The van der Waals surface area contributed by atoms with Crippen LogP contribution in [0, 0.1) is 0 Å². The molecule has 24 heavy (non-hydrogen) atoms. The predicted molar refractivity (Wildman–Crippen MR) is 92.3 cm³/mol. The third-order valence-corrected chi connectivity index (χ3v) is 3.79. The van der Waals surface area contributed by atoms with Crippen molar-refractivity contribution >= 4 is 33.8 Å². The van der Waals surface area contributed by atoms with Crippen LogP contribution < -0.4 is 5.32 Å². The van der Waals surface area contributed by atoms with Crippen molar-refractivity contribution in [2.24, 2.45) is 0 Å². The monoisotopic (exact) mass is 399 g/mol.